The fourth-order valence-electron chi connectivity index (χ4n) is 3.10. The Morgan fingerprint density at radius 3 is 2.57 bits per heavy atom. The molecule has 2 aromatic carbocycles. The van der Waals surface area contributed by atoms with E-state index in [4.69, 9.17) is 27.9 Å². The van der Waals surface area contributed by atoms with E-state index < -0.39 is 10.0 Å². The van der Waals surface area contributed by atoms with Gasteiger partial charge < -0.3 is 9.72 Å². The zero-order chi connectivity index (χ0) is 20.1. The van der Waals surface area contributed by atoms with Crippen LogP contribution in [0.1, 0.15) is 5.56 Å². The van der Waals surface area contributed by atoms with Crippen molar-refractivity contribution in [1.82, 2.24) is 14.3 Å². The van der Waals surface area contributed by atoms with Crippen LogP contribution in [0.2, 0.25) is 10.0 Å². The summed E-state index contributed by atoms with van der Waals surface area (Å²) in [4.78, 5) is 7.37. The van der Waals surface area contributed by atoms with E-state index in [0.29, 0.717) is 41.2 Å². The number of hydrogen-bond acceptors (Lipinski definition) is 4. The molecule has 0 saturated carbocycles. The molecular formula is C18H16Cl2FN3O3S. The Morgan fingerprint density at radius 1 is 1.14 bits per heavy atom. The zero-order valence-electron chi connectivity index (χ0n) is 14.8. The lowest BCUT2D eigenvalue weighted by Crippen LogP contribution is -2.40. The number of benzene rings is 2. The number of hydrogen-bond donors (Lipinski definition) is 1. The fourth-order valence-corrected chi connectivity index (χ4v) is 5.35. The van der Waals surface area contributed by atoms with Gasteiger partial charge in [0.05, 0.1) is 34.3 Å². The standard InChI is InChI=1S/C18H16Cl2FN3O3S/c1-10-6-15-16(9-14(10)21)23-18(22-15)11-7-17(13(20)8-12(11)19)28(25,26)24-2-4-27-5-3-24/h6-9H,2-5H2,1H3,(H,22,23). The monoisotopic (exact) mass is 443 g/mol. The molecule has 4 rings (SSSR count). The van der Waals surface area contributed by atoms with Gasteiger partial charge in [0.25, 0.3) is 0 Å². The van der Waals surface area contributed by atoms with Gasteiger partial charge in [-0.05, 0) is 30.7 Å². The number of morpholine rings is 1. The lowest BCUT2D eigenvalue weighted by Gasteiger charge is -2.26. The summed E-state index contributed by atoms with van der Waals surface area (Å²) in [6.07, 6.45) is 0. The highest BCUT2D eigenvalue weighted by Gasteiger charge is 2.29. The molecule has 1 aromatic heterocycles. The van der Waals surface area contributed by atoms with E-state index in [2.05, 4.69) is 9.97 Å². The van der Waals surface area contributed by atoms with Crippen molar-refractivity contribution in [2.75, 3.05) is 26.3 Å². The maximum atomic E-state index is 13.8. The molecule has 28 heavy (non-hydrogen) atoms. The molecule has 0 radical (unpaired) electrons. The van der Waals surface area contributed by atoms with Crippen molar-refractivity contribution in [2.45, 2.75) is 11.8 Å². The van der Waals surface area contributed by atoms with Gasteiger partial charge in [0.1, 0.15) is 16.5 Å². The van der Waals surface area contributed by atoms with Crippen molar-refractivity contribution >= 4 is 44.3 Å². The average Bonchev–Trinajstić information content (AvgIpc) is 3.05. The zero-order valence-corrected chi connectivity index (χ0v) is 17.1. The van der Waals surface area contributed by atoms with Crippen LogP contribution in [0.4, 0.5) is 4.39 Å². The van der Waals surface area contributed by atoms with Gasteiger partial charge in [-0.15, -0.1) is 0 Å². The van der Waals surface area contributed by atoms with Crippen molar-refractivity contribution in [3.63, 3.8) is 0 Å². The SMILES string of the molecule is Cc1cc2[nH]c(-c3cc(S(=O)(=O)N4CCOCC4)c(Cl)cc3Cl)nc2cc1F. The van der Waals surface area contributed by atoms with E-state index >= 15 is 0 Å². The summed E-state index contributed by atoms with van der Waals surface area (Å²) < 4.78 is 46.4. The van der Waals surface area contributed by atoms with Gasteiger partial charge in [-0.1, -0.05) is 23.2 Å². The number of nitrogens with one attached hydrogen (secondary N) is 1. The molecule has 1 N–H and O–H groups in total. The number of aromatic nitrogens is 2. The highest BCUT2D eigenvalue weighted by atomic mass is 35.5. The van der Waals surface area contributed by atoms with Crippen LogP contribution in [0.25, 0.3) is 22.4 Å². The molecule has 0 aliphatic carbocycles. The first-order valence-corrected chi connectivity index (χ1v) is 10.7. The lowest BCUT2D eigenvalue weighted by atomic mass is 10.2. The molecule has 1 aliphatic heterocycles. The third kappa shape index (κ3) is 3.40. The number of H-pyrrole nitrogens is 1. The average molecular weight is 444 g/mol. The van der Waals surface area contributed by atoms with Crippen LogP contribution in [0, 0.1) is 12.7 Å². The highest BCUT2D eigenvalue weighted by Crippen LogP contribution is 2.36. The summed E-state index contributed by atoms with van der Waals surface area (Å²) in [5.74, 6) is -0.0385. The van der Waals surface area contributed by atoms with Crippen molar-refractivity contribution in [3.05, 3.63) is 45.7 Å². The molecule has 0 spiro atoms. The number of aryl methyl sites for hydroxylation is 1. The summed E-state index contributed by atoms with van der Waals surface area (Å²) in [5, 5.41) is 0.264. The van der Waals surface area contributed by atoms with E-state index in [1.807, 2.05) is 0 Å². The quantitative estimate of drug-likeness (QED) is 0.663. The largest absolute Gasteiger partial charge is 0.379 e. The molecule has 3 aromatic rings. The summed E-state index contributed by atoms with van der Waals surface area (Å²) in [7, 11) is -3.82. The number of sulfonamides is 1. The van der Waals surface area contributed by atoms with Crippen molar-refractivity contribution in [2.24, 2.45) is 0 Å². The van der Waals surface area contributed by atoms with E-state index in [-0.39, 0.29) is 33.8 Å². The third-order valence-electron chi connectivity index (χ3n) is 4.63. The maximum absolute atomic E-state index is 13.8. The minimum Gasteiger partial charge on any atom is -0.379 e. The highest BCUT2D eigenvalue weighted by molar-refractivity contribution is 7.89. The fraction of sp³-hybridized carbons (Fsp3) is 0.278. The number of rotatable bonds is 3. The second-order valence-electron chi connectivity index (χ2n) is 6.48. The van der Waals surface area contributed by atoms with Crippen LogP contribution >= 0.6 is 23.2 Å². The Bertz CT molecular complexity index is 1140. The topological polar surface area (TPSA) is 75.3 Å². The second-order valence-corrected chi connectivity index (χ2v) is 9.20. The van der Waals surface area contributed by atoms with Gasteiger partial charge >= 0.3 is 0 Å². The normalized spacial score (nSPS) is 16.0. The van der Waals surface area contributed by atoms with Gasteiger partial charge in [-0.25, -0.2) is 17.8 Å². The third-order valence-corrected chi connectivity index (χ3v) is 7.30. The van der Waals surface area contributed by atoms with E-state index in [1.54, 1.807) is 13.0 Å². The molecule has 0 amide bonds. The molecule has 10 heteroatoms. The van der Waals surface area contributed by atoms with E-state index in [9.17, 15) is 12.8 Å². The van der Waals surface area contributed by atoms with Crippen LogP contribution in [0.3, 0.4) is 0 Å². The molecule has 0 unspecified atom stereocenters. The maximum Gasteiger partial charge on any atom is 0.244 e. The number of nitrogens with zero attached hydrogens (tertiary/aromatic N) is 2. The van der Waals surface area contributed by atoms with Gasteiger partial charge in [0.2, 0.25) is 10.0 Å². The van der Waals surface area contributed by atoms with Crippen molar-refractivity contribution in [1.29, 1.82) is 0 Å². The van der Waals surface area contributed by atoms with Crippen LogP contribution < -0.4 is 0 Å². The van der Waals surface area contributed by atoms with Crippen LogP contribution in [-0.2, 0) is 14.8 Å². The second kappa shape index (κ2) is 7.27. The summed E-state index contributed by atoms with van der Waals surface area (Å²) >= 11 is 12.5. The Balaban J connectivity index is 1.84. The van der Waals surface area contributed by atoms with Crippen LogP contribution in [-0.4, -0.2) is 49.0 Å². The van der Waals surface area contributed by atoms with Crippen molar-refractivity contribution in [3.8, 4) is 11.4 Å². The van der Waals surface area contributed by atoms with Crippen molar-refractivity contribution < 1.29 is 17.5 Å². The Labute approximate surface area is 171 Å². The molecule has 1 fully saturated rings. The summed E-state index contributed by atoms with van der Waals surface area (Å²) in [5.41, 5.74) is 1.88. The molecule has 1 aliphatic rings. The van der Waals surface area contributed by atoms with Crippen LogP contribution in [0.15, 0.2) is 29.2 Å². The van der Waals surface area contributed by atoms with Crippen LogP contribution in [0.5, 0.6) is 0 Å². The molecule has 0 atom stereocenters. The van der Waals surface area contributed by atoms with Gasteiger partial charge in [0, 0.05) is 24.7 Å². The minimum absolute atomic E-state index is 0.0261. The Morgan fingerprint density at radius 2 is 1.86 bits per heavy atom. The minimum atomic E-state index is -3.82. The molecular weight excluding hydrogens is 428 g/mol. The number of aromatic amines is 1. The first-order valence-electron chi connectivity index (χ1n) is 8.50. The molecule has 0 bridgehead atoms. The summed E-state index contributed by atoms with van der Waals surface area (Å²) in [6.45, 7) is 2.80. The smallest absolute Gasteiger partial charge is 0.244 e. The first-order chi connectivity index (χ1) is 13.3. The molecule has 6 nitrogen and oxygen atoms in total. The lowest BCUT2D eigenvalue weighted by molar-refractivity contribution is 0.0730. The molecule has 148 valence electrons. The van der Waals surface area contributed by atoms with Gasteiger partial charge in [-0.2, -0.15) is 4.31 Å². The first kappa shape index (κ1) is 19.6. The van der Waals surface area contributed by atoms with Gasteiger partial charge in [0.15, 0.2) is 0 Å². The number of halogens is 3. The Hall–Kier alpha value is -1.71. The Kier molecular flexibility index (Phi) is 5.09. The number of fused-ring (bicyclic) bond motifs is 1. The van der Waals surface area contributed by atoms with E-state index in [0.717, 1.165) is 0 Å². The summed E-state index contributed by atoms with van der Waals surface area (Å²) in [6, 6.07) is 5.73. The van der Waals surface area contributed by atoms with Gasteiger partial charge in [-0.3, -0.25) is 0 Å². The molecule has 1 saturated heterocycles. The predicted octanol–water partition coefficient (Wildman–Crippen LogP) is 4.01. The number of ether oxygens (including phenoxy) is 1. The van der Waals surface area contributed by atoms with E-state index in [1.165, 1.54) is 22.5 Å². The number of imidazole rings is 1. The molecule has 2 heterocycles. The predicted molar refractivity (Wildman–Crippen MR) is 106 cm³/mol.